The highest BCUT2D eigenvalue weighted by molar-refractivity contribution is 5.69. The van der Waals surface area contributed by atoms with Crippen molar-refractivity contribution >= 4 is 12.3 Å². The average Bonchev–Trinajstić information content (AvgIpc) is 2.46. The molecule has 0 saturated heterocycles. The van der Waals surface area contributed by atoms with Crippen LogP contribution < -0.4 is 0 Å². The second kappa shape index (κ2) is 15.5. The fourth-order valence-electron chi connectivity index (χ4n) is 2.55. The Hall–Kier alpha value is -0.860. The molecule has 0 aromatic carbocycles. The van der Waals surface area contributed by atoms with E-state index in [1.54, 1.807) is 0 Å². The van der Waals surface area contributed by atoms with E-state index >= 15 is 0 Å². The van der Waals surface area contributed by atoms with Gasteiger partial charge >= 0.3 is 5.97 Å². The van der Waals surface area contributed by atoms with Crippen molar-refractivity contribution in [2.24, 2.45) is 0 Å². The lowest BCUT2D eigenvalue weighted by atomic mass is 10.0. The zero-order valence-corrected chi connectivity index (χ0v) is 14.1. The molecule has 0 aromatic rings. The van der Waals surface area contributed by atoms with E-state index in [4.69, 9.17) is 4.74 Å². The van der Waals surface area contributed by atoms with Crippen molar-refractivity contribution in [1.29, 1.82) is 0 Å². The number of carbonyl (C=O) groups excluding carboxylic acids is 2. The summed E-state index contributed by atoms with van der Waals surface area (Å²) in [6.07, 6.45) is 16.4. The van der Waals surface area contributed by atoms with E-state index < -0.39 is 6.10 Å². The fraction of sp³-hybridized carbons (Fsp3) is 0.889. The number of hydrogen-bond donors (Lipinski definition) is 0. The number of hydrogen-bond acceptors (Lipinski definition) is 3. The van der Waals surface area contributed by atoms with Gasteiger partial charge in [-0.1, -0.05) is 77.6 Å². The summed E-state index contributed by atoms with van der Waals surface area (Å²) in [5, 5.41) is 0. The minimum Gasteiger partial charge on any atom is -0.455 e. The van der Waals surface area contributed by atoms with Crippen molar-refractivity contribution in [1.82, 2.24) is 0 Å². The molecule has 0 aliphatic heterocycles. The van der Waals surface area contributed by atoms with E-state index in [1.807, 2.05) is 0 Å². The molecule has 0 fully saturated rings. The Bertz CT molecular complexity index is 251. The molecule has 0 saturated carbocycles. The first kappa shape index (κ1) is 20.1. The summed E-state index contributed by atoms with van der Waals surface area (Å²) in [5.41, 5.74) is 0. The van der Waals surface area contributed by atoms with Gasteiger partial charge in [-0.25, -0.2) is 0 Å². The number of ether oxygens (including phenoxy) is 1. The minimum atomic E-state index is -0.536. The molecule has 0 spiro atoms. The molecule has 21 heavy (non-hydrogen) atoms. The third-order valence-electron chi connectivity index (χ3n) is 3.81. The van der Waals surface area contributed by atoms with Crippen LogP contribution in [0.25, 0.3) is 0 Å². The number of esters is 1. The summed E-state index contributed by atoms with van der Waals surface area (Å²) < 4.78 is 4.89. The van der Waals surface area contributed by atoms with Gasteiger partial charge in [-0.3, -0.25) is 9.59 Å². The standard InChI is InChI=1S/C18H34O3/c1-3-4-5-6-7-8-9-10-11-12-13-14-15-18(16-19)21-17(2)20/h16,18H,3-15H2,1-2H3. The maximum atomic E-state index is 10.8. The molecule has 0 radical (unpaired) electrons. The minimum absolute atomic E-state index is 0.369. The smallest absolute Gasteiger partial charge is 0.303 e. The molecule has 0 aliphatic carbocycles. The molecule has 0 rings (SSSR count). The van der Waals surface area contributed by atoms with Gasteiger partial charge in [0.1, 0.15) is 0 Å². The molecule has 0 bridgehead atoms. The van der Waals surface area contributed by atoms with Gasteiger partial charge in [0.05, 0.1) is 0 Å². The molecule has 1 atom stereocenters. The Kier molecular flexibility index (Phi) is 14.9. The van der Waals surface area contributed by atoms with Crippen LogP contribution >= 0.6 is 0 Å². The van der Waals surface area contributed by atoms with Crippen LogP contribution in [0.4, 0.5) is 0 Å². The normalized spacial score (nSPS) is 12.1. The Labute approximate surface area is 130 Å². The van der Waals surface area contributed by atoms with Gasteiger partial charge in [-0.15, -0.1) is 0 Å². The van der Waals surface area contributed by atoms with E-state index in [0.29, 0.717) is 6.42 Å². The first-order valence-corrected chi connectivity index (χ1v) is 8.83. The Balaban J connectivity index is 3.21. The van der Waals surface area contributed by atoms with Crippen LogP contribution in [0.3, 0.4) is 0 Å². The van der Waals surface area contributed by atoms with E-state index in [-0.39, 0.29) is 5.97 Å². The molecular weight excluding hydrogens is 264 g/mol. The number of unbranched alkanes of at least 4 members (excludes halogenated alkanes) is 11. The Morgan fingerprint density at radius 1 is 0.857 bits per heavy atom. The third kappa shape index (κ3) is 15.3. The summed E-state index contributed by atoms with van der Waals surface area (Å²) in [6.45, 7) is 3.60. The van der Waals surface area contributed by atoms with Gasteiger partial charge < -0.3 is 4.74 Å². The zero-order chi connectivity index (χ0) is 15.8. The van der Waals surface area contributed by atoms with Gasteiger partial charge in [-0.2, -0.15) is 0 Å². The lowest BCUT2D eigenvalue weighted by Gasteiger charge is -2.09. The topological polar surface area (TPSA) is 43.4 Å². The van der Waals surface area contributed by atoms with Crippen LogP contribution in [0.5, 0.6) is 0 Å². The molecule has 0 aliphatic rings. The summed E-state index contributed by atoms with van der Waals surface area (Å²) in [7, 11) is 0. The summed E-state index contributed by atoms with van der Waals surface area (Å²) in [4.78, 5) is 21.4. The molecule has 0 aromatic heterocycles. The van der Waals surface area contributed by atoms with Crippen molar-refractivity contribution in [2.75, 3.05) is 0 Å². The Morgan fingerprint density at radius 2 is 1.29 bits per heavy atom. The van der Waals surface area contributed by atoms with Crippen LogP contribution in [-0.4, -0.2) is 18.4 Å². The summed E-state index contributed by atoms with van der Waals surface area (Å²) in [5.74, 6) is -0.369. The van der Waals surface area contributed by atoms with Crippen molar-refractivity contribution < 1.29 is 14.3 Å². The van der Waals surface area contributed by atoms with Crippen LogP contribution in [0.1, 0.15) is 97.3 Å². The number of aldehydes is 1. The molecule has 124 valence electrons. The maximum absolute atomic E-state index is 10.8. The molecule has 0 N–H and O–H groups in total. The molecular formula is C18H34O3. The van der Waals surface area contributed by atoms with Crippen LogP contribution in [0.15, 0.2) is 0 Å². The monoisotopic (exact) mass is 298 g/mol. The van der Waals surface area contributed by atoms with Crippen LogP contribution in [0, 0.1) is 0 Å². The molecule has 0 heterocycles. The lowest BCUT2D eigenvalue weighted by Crippen LogP contribution is -2.17. The quantitative estimate of drug-likeness (QED) is 0.237. The molecule has 3 nitrogen and oxygen atoms in total. The summed E-state index contributed by atoms with van der Waals surface area (Å²) in [6, 6.07) is 0. The molecule has 3 heteroatoms. The van der Waals surface area contributed by atoms with Crippen LogP contribution in [0.2, 0.25) is 0 Å². The SMILES string of the molecule is CCCCCCCCCCCCCCC(C=O)OC(C)=O. The first-order valence-electron chi connectivity index (χ1n) is 8.83. The zero-order valence-electron chi connectivity index (χ0n) is 14.1. The van der Waals surface area contributed by atoms with Gasteiger partial charge in [0, 0.05) is 6.92 Å². The van der Waals surface area contributed by atoms with E-state index in [0.717, 1.165) is 19.1 Å². The summed E-state index contributed by atoms with van der Waals surface area (Å²) >= 11 is 0. The average molecular weight is 298 g/mol. The van der Waals surface area contributed by atoms with Crippen molar-refractivity contribution in [3.8, 4) is 0 Å². The van der Waals surface area contributed by atoms with Gasteiger partial charge in [0.25, 0.3) is 0 Å². The van der Waals surface area contributed by atoms with Gasteiger partial charge in [0.15, 0.2) is 12.4 Å². The van der Waals surface area contributed by atoms with Crippen molar-refractivity contribution in [3.63, 3.8) is 0 Å². The number of rotatable bonds is 15. The third-order valence-corrected chi connectivity index (χ3v) is 3.81. The van der Waals surface area contributed by atoms with E-state index in [9.17, 15) is 9.59 Å². The van der Waals surface area contributed by atoms with Crippen molar-refractivity contribution in [2.45, 2.75) is 103 Å². The second-order valence-corrected chi connectivity index (χ2v) is 5.96. The predicted octanol–water partition coefficient (Wildman–Crippen LogP) is 5.21. The second-order valence-electron chi connectivity index (χ2n) is 5.96. The first-order chi connectivity index (χ1) is 10.2. The maximum Gasteiger partial charge on any atom is 0.303 e. The predicted molar refractivity (Wildman–Crippen MR) is 87.3 cm³/mol. The van der Waals surface area contributed by atoms with Gasteiger partial charge in [0.2, 0.25) is 0 Å². The lowest BCUT2D eigenvalue weighted by molar-refractivity contribution is -0.149. The number of carbonyl (C=O) groups is 2. The molecule has 0 amide bonds. The highest BCUT2D eigenvalue weighted by Gasteiger charge is 2.09. The van der Waals surface area contributed by atoms with Gasteiger partial charge in [-0.05, 0) is 12.8 Å². The highest BCUT2D eigenvalue weighted by Crippen LogP contribution is 2.13. The van der Waals surface area contributed by atoms with E-state index in [2.05, 4.69) is 6.92 Å². The largest absolute Gasteiger partial charge is 0.455 e. The van der Waals surface area contributed by atoms with Crippen molar-refractivity contribution in [3.05, 3.63) is 0 Å². The molecule has 1 unspecified atom stereocenters. The fourth-order valence-corrected chi connectivity index (χ4v) is 2.55. The Morgan fingerprint density at radius 3 is 1.67 bits per heavy atom. The highest BCUT2D eigenvalue weighted by atomic mass is 16.5. The van der Waals surface area contributed by atoms with Crippen LogP contribution in [-0.2, 0) is 14.3 Å². The van der Waals surface area contributed by atoms with E-state index in [1.165, 1.54) is 71.1 Å².